The highest BCUT2D eigenvalue weighted by molar-refractivity contribution is 5.67. The molecule has 0 bridgehead atoms. The number of carbonyl (C=O) groups is 1. The Morgan fingerprint density at radius 1 is 1.42 bits per heavy atom. The number of aliphatic carboxylic acids is 1. The first kappa shape index (κ1) is 15.3. The molecule has 0 fully saturated rings. The van der Waals surface area contributed by atoms with E-state index in [4.69, 9.17) is 9.84 Å². The largest absolute Gasteiger partial charge is 0.497 e. The molecule has 19 heavy (non-hydrogen) atoms. The third-order valence-electron chi connectivity index (χ3n) is 2.31. The molecule has 1 unspecified atom stereocenters. The second kappa shape index (κ2) is 6.42. The molecule has 0 saturated heterocycles. The average molecular weight is 278 g/mol. The van der Waals surface area contributed by atoms with Crippen molar-refractivity contribution in [3.05, 3.63) is 29.8 Å². The van der Waals surface area contributed by atoms with Gasteiger partial charge in [0.2, 0.25) is 0 Å². The number of carboxylic acids is 1. The van der Waals surface area contributed by atoms with Crippen LogP contribution in [0.1, 0.15) is 12.0 Å². The van der Waals surface area contributed by atoms with E-state index in [9.17, 15) is 18.0 Å². The van der Waals surface area contributed by atoms with Crippen molar-refractivity contribution in [2.45, 2.75) is 25.3 Å². The highest BCUT2D eigenvalue weighted by Gasteiger charge is 2.42. The van der Waals surface area contributed by atoms with E-state index in [2.05, 4.69) is 4.74 Å². The van der Waals surface area contributed by atoms with Crippen molar-refractivity contribution >= 4 is 5.97 Å². The van der Waals surface area contributed by atoms with Crippen LogP contribution >= 0.6 is 0 Å². The third kappa shape index (κ3) is 5.17. The standard InChI is InChI=1S/C12H13F3O4/c1-18-9-4-2-3-8(5-9)7-19-10(6-11(16)17)12(13,14)15/h2-5,10H,6-7H2,1H3,(H,16,17). The zero-order chi connectivity index (χ0) is 14.5. The van der Waals surface area contributed by atoms with Gasteiger partial charge in [0.25, 0.3) is 0 Å². The van der Waals surface area contributed by atoms with Crippen molar-refractivity contribution in [3.63, 3.8) is 0 Å². The van der Waals surface area contributed by atoms with Gasteiger partial charge in [0, 0.05) is 0 Å². The second-order valence-corrected chi connectivity index (χ2v) is 3.79. The van der Waals surface area contributed by atoms with Crippen molar-refractivity contribution in [2.24, 2.45) is 0 Å². The molecule has 1 atom stereocenters. The molecule has 1 N–H and O–H groups in total. The monoisotopic (exact) mass is 278 g/mol. The zero-order valence-electron chi connectivity index (χ0n) is 10.1. The number of rotatable bonds is 6. The van der Waals surface area contributed by atoms with Gasteiger partial charge in [-0.1, -0.05) is 12.1 Å². The second-order valence-electron chi connectivity index (χ2n) is 3.79. The summed E-state index contributed by atoms with van der Waals surface area (Å²) in [5.41, 5.74) is 0.471. The molecule has 1 aromatic rings. The summed E-state index contributed by atoms with van der Waals surface area (Å²) < 4.78 is 47.1. The van der Waals surface area contributed by atoms with Gasteiger partial charge in [-0.3, -0.25) is 4.79 Å². The van der Waals surface area contributed by atoms with Crippen LogP contribution in [0.25, 0.3) is 0 Å². The normalized spacial score (nSPS) is 13.1. The summed E-state index contributed by atoms with van der Waals surface area (Å²) in [5, 5.41) is 8.43. The number of methoxy groups -OCH3 is 1. The Labute approximate surface area is 107 Å². The van der Waals surface area contributed by atoms with E-state index in [-0.39, 0.29) is 6.61 Å². The van der Waals surface area contributed by atoms with E-state index >= 15 is 0 Å². The summed E-state index contributed by atoms with van der Waals surface area (Å²) in [6.45, 7) is -0.339. The summed E-state index contributed by atoms with van der Waals surface area (Å²) >= 11 is 0. The lowest BCUT2D eigenvalue weighted by molar-refractivity contribution is -0.227. The summed E-state index contributed by atoms with van der Waals surface area (Å²) in [6, 6.07) is 6.34. The van der Waals surface area contributed by atoms with Crippen LogP contribution < -0.4 is 4.74 Å². The Bertz CT molecular complexity index is 431. The van der Waals surface area contributed by atoms with E-state index in [1.807, 2.05) is 0 Å². The van der Waals surface area contributed by atoms with Gasteiger partial charge in [0.1, 0.15) is 5.75 Å². The molecule has 0 aliphatic heterocycles. The molecule has 0 heterocycles. The quantitative estimate of drug-likeness (QED) is 0.869. The predicted octanol–water partition coefficient (Wildman–Crippen LogP) is 2.62. The lowest BCUT2D eigenvalue weighted by atomic mass is 10.2. The summed E-state index contributed by atoms with van der Waals surface area (Å²) in [7, 11) is 1.43. The Hall–Kier alpha value is -1.76. The van der Waals surface area contributed by atoms with Crippen molar-refractivity contribution in [1.29, 1.82) is 0 Å². The SMILES string of the molecule is COc1cccc(COC(CC(=O)O)C(F)(F)F)c1. The van der Waals surface area contributed by atoms with Crippen molar-refractivity contribution < 1.29 is 32.5 Å². The van der Waals surface area contributed by atoms with Gasteiger partial charge in [-0.05, 0) is 17.7 Å². The van der Waals surface area contributed by atoms with Gasteiger partial charge in [-0.25, -0.2) is 0 Å². The average Bonchev–Trinajstić information content (AvgIpc) is 2.33. The van der Waals surface area contributed by atoms with E-state index in [1.54, 1.807) is 18.2 Å². The van der Waals surface area contributed by atoms with Crippen LogP contribution in [0.5, 0.6) is 5.75 Å². The Morgan fingerprint density at radius 3 is 2.63 bits per heavy atom. The van der Waals surface area contributed by atoms with Crippen LogP contribution in [0.3, 0.4) is 0 Å². The number of benzene rings is 1. The summed E-state index contributed by atoms with van der Waals surface area (Å²) in [6.07, 6.45) is -8.15. The maximum absolute atomic E-state index is 12.5. The lowest BCUT2D eigenvalue weighted by Crippen LogP contribution is -2.33. The fraction of sp³-hybridized carbons (Fsp3) is 0.417. The van der Waals surface area contributed by atoms with Crippen LogP contribution in [-0.4, -0.2) is 30.5 Å². The summed E-state index contributed by atoms with van der Waals surface area (Å²) in [5.74, 6) is -1.07. The maximum atomic E-state index is 12.5. The molecule has 1 aromatic carbocycles. The Balaban J connectivity index is 2.67. The smallest absolute Gasteiger partial charge is 0.415 e. The Morgan fingerprint density at radius 2 is 2.11 bits per heavy atom. The molecular formula is C12H13F3O4. The molecule has 0 spiro atoms. The molecule has 0 aromatic heterocycles. The highest BCUT2D eigenvalue weighted by atomic mass is 19.4. The van der Waals surface area contributed by atoms with Crippen LogP contribution in [0, 0.1) is 0 Å². The van der Waals surface area contributed by atoms with Gasteiger partial charge in [0.15, 0.2) is 6.10 Å². The number of halogens is 3. The first-order valence-corrected chi connectivity index (χ1v) is 5.36. The van der Waals surface area contributed by atoms with Crippen LogP contribution in [-0.2, 0) is 16.1 Å². The van der Waals surface area contributed by atoms with Crippen molar-refractivity contribution in [3.8, 4) is 5.75 Å². The number of carboxylic acid groups (broad SMARTS) is 1. The van der Waals surface area contributed by atoms with E-state index in [1.165, 1.54) is 13.2 Å². The number of ether oxygens (including phenoxy) is 2. The van der Waals surface area contributed by atoms with Gasteiger partial charge in [-0.2, -0.15) is 13.2 Å². The molecule has 106 valence electrons. The maximum Gasteiger partial charge on any atom is 0.415 e. The molecule has 0 amide bonds. The van der Waals surface area contributed by atoms with E-state index in [0.717, 1.165) is 0 Å². The van der Waals surface area contributed by atoms with Gasteiger partial charge < -0.3 is 14.6 Å². The fourth-order valence-corrected chi connectivity index (χ4v) is 1.39. The number of hydrogen-bond acceptors (Lipinski definition) is 3. The van der Waals surface area contributed by atoms with E-state index in [0.29, 0.717) is 11.3 Å². The minimum atomic E-state index is -4.71. The van der Waals surface area contributed by atoms with Crippen molar-refractivity contribution in [2.75, 3.05) is 7.11 Å². The number of hydrogen-bond donors (Lipinski definition) is 1. The van der Waals surface area contributed by atoms with Crippen molar-refractivity contribution in [1.82, 2.24) is 0 Å². The highest BCUT2D eigenvalue weighted by Crippen LogP contribution is 2.26. The molecule has 0 aliphatic carbocycles. The molecular weight excluding hydrogens is 265 g/mol. The first-order chi connectivity index (χ1) is 8.82. The minimum Gasteiger partial charge on any atom is -0.497 e. The molecule has 1 rings (SSSR count). The summed E-state index contributed by atoms with van der Waals surface area (Å²) in [4.78, 5) is 10.4. The van der Waals surface area contributed by atoms with Gasteiger partial charge >= 0.3 is 12.1 Å². The molecule has 0 aliphatic rings. The van der Waals surface area contributed by atoms with Crippen LogP contribution in [0.4, 0.5) is 13.2 Å². The number of alkyl halides is 3. The van der Waals surface area contributed by atoms with Crippen LogP contribution in [0.2, 0.25) is 0 Å². The Kier molecular flexibility index (Phi) is 5.17. The molecule has 0 saturated carbocycles. The minimum absolute atomic E-state index is 0.339. The molecule has 0 radical (unpaired) electrons. The topological polar surface area (TPSA) is 55.8 Å². The fourth-order valence-electron chi connectivity index (χ4n) is 1.39. The van der Waals surface area contributed by atoms with Gasteiger partial charge in [0.05, 0.1) is 20.1 Å². The molecule has 4 nitrogen and oxygen atoms in total. The van der Waals surface area contributed by atoms with Crippen LogP contribution in [0.15, 0.2) is 24.3 Å². The first-order valence-electron chi connectivity index (χ1n) is 5.36. The molecule has 7 heteroatoms. The lowest BCUT2D eigenvalue weighted by Gasteiger charge is -2.19. The van der Waals surface area contributed by atoms with Gasteiger partial charge in [-0.15, -0.1) is 0 Å². The zero-order valence-corrected chi connectivity index (χ0v) is 10.1. The van der Waals surface area contributed by atoms with E-state index < -0.39 is 24.7 Å². The predicted molar refractivity (Wildman–Crippen MR) is 59.9 cm³/mol. The third-order valence-corrected chi connectivity index (χ3v) is 2.31.